The van der Waals surface area contributed by atoms with E-state index in [1.807, 2.05) is 0 Å². The monoisotopic (exact) mass is 328 g/mol. The summed E-state index contributed by atoms with van der Waals surface area (Å²) in [6, 6.07) is 0. The summed E-state index contributed by atoms with van der Waals surface area (Å²) in [6.45, 7) is 8.82. The fourth-order valence-electron chi connectivity index (χ4n) is 8.91. The lowest BCUT2D eigenvalue weighted by Gasteiger charge is -2.77. The molecule has 3 nitrogen and oxygen atoms in total. The maximum absolute atomic E-state index is 13.4. The second-order valence-corrected chi connectivity index (χ2v) is 10.4. The summed E-state index contributed by atoms with van der Waals surface area (Å²) in [7, 11) is 0. The molecular weight excluding hydrogens is 296 g/mol. The summed E-state index contributed by atoms with van der Waals surface area (Å²) in [6.07, 6.45) is 9.52. The first-order valence-corrected chi connectivity index (χ1v) is 10.6. The average molecular weight is 329 g/mol. The highest BCUT2D eigenvalue weighted by Gasteiger charge is 2.73. The lowest BCUT2D eigenvalue weighted by Crippen LogP contribution is -2.88. The Morgan fingerprint density at radius 3 is 1.58 bits per heavy atom. The number of piperidine rings is 2. The molecule has 0 atom stereocenters. The predicted octanol–water partition coefficient (Wildman–Crippen LogP) is 3.15. The number of nitrogens with zero attached hydrogens (tertiary/aromatic N) is 2. The molecule has 0 unspecified atom stereocenters. The van der Waals surface area contributed by atoms with Crippen molar-refractivity contribution in [2.45, 2.75) is 64.5 Å². The molecule has 0 aromatic carbocycles. The van der Waals surface area contributed by atoms with Crippen LogP contribution in [0.5, 0.6) is 0 Å². The Morgan fingerprint density at radius 1 is 0.792 bits per heavy atom. The molecule has 4 saturated heterocycles. The van der Waals surface area contributed by atoms with Gasteiger partial charge in [-0.1, -0.05) is 13.8 Å². The second kappa shape index (κ2) is 4.28. The standard InChI is InChI=1S/C21H32N2O/c1-3-19-10-22-12-20(4-2,18(19)24)13-23(11-19)21(22)16-6-14-5-15(8-16)9-17(21)7-14/h14-17H,3-13H2,1-2H3. The minimum atomic E-state index is -0.0492. The lowest BCUT2D eigenvalue weighted by atomic mass is 9.46. The number of hydrogen-bond donors (Lipinski definition) is 0. The van der Waals surface area contributed by atoms with Gasteiger partial charge in [-0.2, -0.15) is 0 Å². The minimum absolute atomic E-state index is 0.0492. The highest BCUT2D eigenvalue weighted by molar-refractivity contribution is 5.93. The van der Waals surface area contributed by atoms with Gasteiger partial charge in [0.1, 0.15) is 5.78 Å². The van der Waals surface area contributed by atoms with Crippen LogP contribution in [-0.4, -0.2) is 47.4 Å². The molecule has 0 aromatic heterocycles. The molecule has 4 aliphatic carbocycles. The van der Waals surface area contributed by atoms with Gasteiger partial charge in [0.15, 0.2) is 0 Å². The van der Waals surface area contributed by atoms with E-state index in [4.69, 9.17) is 0 Å². The van der Waals surface area contributed by atoms with Gasteiger partial charge in [0.05, 0.1) is 16.5 Å². The van der Waals surface area contributed by atoms with Gasteiger partial charge < -0.3 is 0 Å². The van der Waals surface area contributed by atoms with E-state index < -0.39 is 0 Å². The maximum Gasteiger partial charge on any atom is 0.150 e. The van der Waals surface area contributed by atoms with Crippen molar-refractivity contribution in [2.75, 3.05) is 26.2 Å². The third-order valence-electron chi connectivity index (χ3n) is 9.64. The zero-order valence-corrected chi connectivity index (χ0v) is 15.4. The SMILES string of the molecule is CCC12CN3CC(CC)(CN(C1)C31C3CC4CC(C3)CC1C4)C2=O. The summed E-state index contributed by atoms with van der Waals surface area (Å²) in [5.41, 5.74) is 0.254. The predicted molar refractivity (Wildman–Crippen MR) is 93.4 cm³/mol. The molecule has 132 valence electrons. The summed E-state index contributed by atoms with van der Waals surface area (Å²) in [4.78, 5) is 19.2. The molecule has 24 heavy (non-hydrogen) atoms. The number of ketones is 1. The number of carbonyl (C=O) groups excluding carboxylic acids is 1. The van der Waals surface area contributed by atoms with Gasteiger partial charge in [-0.25, -0.2) is 0 Å². The van der Waals surface area contributed by atoms with Crippen molar-refractivity contribution in [3.8, 4) is 0 Å². The van der Waals surface area contributed by atoms with E-state index in [2.05, 4.69) is 23.6 Å². The molecule has 0 amide bonds. The van der Waals surface area contributed by atoms with Gasteiger partial charge in [0.25, 0.3) is 0 Å². The molecular formula is C21H32N2O. The van der Waals surface area contributed by atoms with Crippen LogP contribution < -0.4 is 0 Å². The highest BCUT2D eigenvalue weighted by Crippen LogP contribution is 2.67. The van der Waals surface area contributed by atoms with Crippen LogP contribution in [0, 0.1) is 34.5 Å². The summed E-state index contributed by atoms with van der Waals surface area (Å²) in [5, 5.41) is 0. The van der Waals surface area contributed by atoms with Crippen LogP contribution in [0.15, 0.2) is 0 Å². The van der Waals surface area contributed by atoms with Crippen molar-refractivity contribution in [1.29, 1.82) is 0 Å². The van der Waals surface area contributed by atoms with Gasteiger partial charge in [-0.3, -0.25) is 14.6 Å². The average Bonchev–Trinajstić information content (AvgIpc) is 2.56. The second-order valence-electron chi connectivity index (χ2n) is 10.4. The lowest BCUT2D eigenvalue weighted by molar-refractivity contribution is -0.301. The Labute approximate surface area is 146 Å². The van der Waals surface area contributed by atoms with Crippen LogP contribution in [0.1, 0.15) is 58.8 Å². The summed E-state index contributed by atoms with van der Waals surface area (Å²) in [5.74, 6) is 4.48. The van der Waals surface area contributed by atoms with Gasteiger partial charge >= 0.3 is 0 Å². The third kappa shape index (κ3) is 1.37. The summed E-state index contributed by atoms with van der Waals surface area (Å²) < 4.78 is 0. The van der Waals surface area contributed by atoms with Crippen molar-refractivity contribution in [3.05, 3.63) is 0 Å². The fraction of sp³-hybridized carbons (Fsp3) is 0.952. The maximum atomic E-state index is 13.4. The van der Waals surface area contributed by atoms with Gasteiger partial charge in [-0.15, -0.1) is 0 Å². The van der Waals surface area contributed by atoms with Crippen LogP contribution in [0.2, 0.25) is 0 Å². The van der Waals surface area contributed by atoms with Crippen molar-refractivity contribution in [1.82, 2.24) is 9.80 Å². The number of hydrogen-bond acceptors (Lipinski definition) is 3. The van der Waals surface area contributed by atoms with E-state index in [1.165, 1.54) is 32.1 Å². The molecule has 0 N–H and O–H groups in total. The minimum Gasteiger partial charge on any atom is -0.298 e. The van der Waals surface area contributed by atoms with Crippen molar-refractivity contribution < 1.29 is 4.79 Å². The highest BCUT2D eigenvalue weighted by atomic mass is 16.1. The Morgan fingerprint density at radius 2 is 1.21 bits per heavy atom. The number of carbonyl (C=O) groups is 1. The number of rotatable bonds is 2. The molecule has 3 heteroatoms. The van der Waals surface area contributed by atoms with Crippen molar-refractivity contribution >= 4 is 5.78 Å². The van der Waals surface area contributed by atoms with Gasteiger partial charge in [0.2, 0.25) is 0 Å². The molecule has 4 saturated carbocycles. The first-order valence-electron chi connectivity index (χ1n) is 10.6. The normalized spacial score (nSPS) is 62.8. The molecule has 4 heterocycles. The van der Waals surface area contributed by atoms with Crippen LogP contribution in [0.25, 0.3) is 0 Å². The van der Waals surface area contributed by atoms with E-state index in [0.29, 0.717) is 11.4 Å². The number of Topliss-reactive ketones (excluding diaryl/α,β-unsaturated/α-hetero) is 1. The molecule has 0 radical (unpaired) electrons. The quantitative estimate of drug-likeness (QED) is 0.778. The molecule has 8 rings (SSSR count). The van der Waals surface area contributed by atoms with Crippen molar-refractivity contribution in [3.63, 3.8) is 0 Å². The Kier molecular flexibility index (Phi) is 2.63. The first kappa shape index (κ1) is 14.7. The van der Waals surface area contributed by atoms with Crippen molar-refractivity contribution in [2.24, 2.45) is 34.5 Å². The first-order chi connectivity index (χ1) is 11.6. The van der Waals surface area contributed by atoms with E-state index in [1.54, 1.807) is 0 Å². The zero-order chi connectivity index (χ0) is 16.3. The fourth-order valence-corrected chi connectivity index (χ4v) is 8.91. The molecule has 8 fully saturated rings. The van der Waals surface area contributed by atoms with E-state index in [-0.39, 0.29) is 10.8 Å². The Hall–Kier alpha value is -0.410. The molecule has 0 aromatic rings. The van der Waals surface area contributed by atoms with Crippen LogP contribution in [0.4, 0.5) is 0 Å². The van der Waals surface area contributed by atoms with E-state index >= 15 is 0 Å². The van der Waals surface area contributed by atoms with Crippen LogP contribution in [0.3, 0.4) is 0 Å². The van der Waals surface area contributed by atoms with E-state index in [9.17, 15) is 4.79 Å². The van der Waals surface area contributed by atoms with E-state index in [0.717, 1.165) is 62.7 Å². The van der Waals surface area contributed by atoms with Gasteiger partial charge in [-0.05, 0) is 68.6 Å². The molecule has 4 aliphatic heterocycles. The third-order valence-corrected chi connectivity index (χ3v) is 9.64. The zero-order valence-electron chi connectivity index (χ0n) is 15.4. The smallest absolute Gasteiger partial charge is 0.150 e. The largest absolute Gasteiger partial charge is 0.298 e. The van der Waals surface area contributed by atoms with Crippen LogP contribution in [-0.2, 0) is 4.79 Å². The van der Waals surface area contributed by atoms with Gasteiger partial charge in [0, 0.05) is 26.2 Å². The molecule has 1 spiro atoms. The molecule has 8 bridgehead atoms. The Bertz CT molecular complexity index is 539. The summed E-state index contributed by atoms with van der Waals surface area (Å²) >= 11 is 0. The Balaban J connectivity index is 1.48. The van der Waals surface area contributed by atoms with Crippen LogP contribution >= 0.6 is 0 Å². The molecule has 8 aliphatic rings. The topological polar surface area (TPSA) is 23.6 Å².